The van der Waals surface area contributed by atoms with Gasteiger partial charge in [0.2, 0.25) is 5.91 Å². The highest BCUT2D eigenvalue weighted by Crippen LogP contribution is 2.26. The quantitative estimate of drug-likeness (QED) is 0.396. The van der Waals surface area contributed by atoms with Crippen molar-refractivity contribution in [2.24, 2.45) is 4.99 Å². The molecule has 2 aromatic rings. The monoisotopic (exact) mass is 426 g/mol. The molecule has 0 saturated heterocycles. The van der Waals surface area contributed by atoms with Crippen LogP contribution in [0.15, 0.2) is 47.5 Å². The predicted molar refractivity (Wildman–Crippen MR) is 126 cm³/mol. The van der Waals surface area contributed by atoms with Crippen LogP contribution in [0, 0.1) is 0 Å². The summed E-state index contributed by atoms with van der Waals surface area (Å²) >= 11 is 0. The van der Waals surface area contributed by atoms with E-state index in [1.165, 1.54) is 12.5 Å². The zero-order valence-electron chi connectivity index (χ0n) is 19.1. The Morgan fingerprint density at radius 2 is 1.81 bits per heavy atom. The molecule has 168 valence electrons. The average molecular weight is 427 g/mol. The fourth-order valence-corrected chi connectivity index (χ4v) is 3.16. The van der Waals surface area contributed by atoms with E-state index in [2.05, 4.69) is 40.0 Å². The zero-order valence-corrected chi connectivity index (χ0v) is 19.1. The van der Waals surface area contributed by atoms with E-state index >= 15 is 0 Å². The fraction of sp³-hybridized carbons (Fsp3) is 0.417. The molecule has 7 nitrogen and oxygen atoms in total. The van der Waals surface area contributed by atoms with Crippen molar-refractivity contribution >= 4 is 17.6 Å². The lowest BCUT2D eigenvalue weighted by Gasteiger charge is -2.15. The lowest BCUT2D eigenvalue weighted by Crippen LogP contribution is -2.38. The summed E-state index contributed by atoms with van der Waals surface area (Å²) < 4.78 is 10.5. The predicted octanol–water partition coefficient (Wildman–Crippen LogP) is 3.91. The molecule has 0 aliphatic carbocycles. The van der Waals surface area contributed by atoms with E-state index in [1.807, 2.05) is 37.3 Å². The van der Waals surface area contributed by atoms with Gasteiger partial charge in [-0.05, 0) is 54.7 Å². The van der Waals surface area contributed by atoms with Gasteiger partial charge in [0, 0.05) is 20.0 Å². The van der Waals surface area contributed by atoms with Crippen molar-refractivity contribution in [3.8, 4) is 11.5 Å². The molecule has 0 aliphatic heterocycles. The van der Waals surface area contributed by atoms with Gasteiger partial charge in [-0.25, -0.2) is 4.99 Å². The van der Waals surface area contributed by atoms with Crippen molar-refractivity contribution in [1.82, 2.24) is 10.6 Å². The van der Waals surface area contributed by atoms with Gasteiger partial charge in [-0.1, -0.05) is 25.1 Å². The summed E-state index contributed by atoms with van der Waals surface area (Å²) in [5, 5.41) is 9.48. The first kappa shape index (κ1) is 24.1. The number of nitrogens with zero attached hydrogens (tertiary/aromatic N) is 1. The van der Waals surface area contributed by atoms with Crippen molar-refractivity contribution in [1.29, 1.82) is 0 Å². The van der Waals surface area contributed by atoms with Crippen molar-refractivity contribution < 1.29 is 14.3 Å². The molecule has 1 atom stereocenters. The summed E-state index contributed by atoms with van der Waals surface area (Å²) in [6.45, 7) is 7.80. The molecule has 0 fully saturated rings. The Morgan fingerprint density at radius 3 is 2.42 bits per heavy atom. The van der Waals surface area contributed by atoms with Crippen LogP contribution in [0.25, 0.3) is 0 Å². The fourth-order valence-electron chi connectivity index (χ4n) is 3.16. The number of benzene rings is 2. The van der Waals surface area contributed by atoms with Crippen molar-refractivity contribution in [2.45, 2.75) is 39.7 Å². The van der Waals surface area contributed by atoms with Crippen LogP contribution in [0.5, 0.6) is 11.5 Å². The van der Waals surface area contributed by atoms with Crippen LogP contribution in [-0.4, -0.2) is 39.2 Å². The number of hydrogen-bond donors (Lipinski definition) is 3. The number of carbonyl (C=O) groups excluding carboxylic acids is 1. The molecule has 1 amide bonds. The first-order valence-electron chi connectivity index (χ1n) is 10.6. The van der Waals surface area contributed by atoms with Gasteiger partial charge < -0.3 is 25.4 Å². The molecular weight excluding hydrogens is 392 g/mol. The summed E-state index contributed by atoms with van der Waals surface area (Å²) in [4.78, 5) is 16.1. The molecule has 3 N–H and O–H groups in total. The Bertz CT molecular complexity index is 866. The Balaban J connectivity index is 1.95. The van der Waals surface area contributed by atoms with Crippen LogP contribution in [0.1, 0.15) is 44.2 Å². The lowest BCUT2D eigenvalue weighted by molar-refractivity contribution is -0.114. The largest absolute Gasteiger partial charge is 0.497 e. The van der Waals surface area contributed by atoms with Crippen LogP contribution in [0.3, 0.4) is 0 Å². The summed E-state index contributed by atoms with van der Waals surface area (Å²) in [5.74, 6) is 2.54. The Kier molecular flexibility index (Phi) is 9.68. The standard InChI is InChI=1S/C24H34N4O3/c1-6-25-24(26-14-13-17(2)20-8-10-21(30-4)11-9-20)27-16-19-7-12-23(31-5)22(15-19)28-18(3)29/h7-12,15,17H,6,13-14,16H2,1-5H3,(H,28,29)(H2,25,26,27). The smallest absolute Gasteiger partial charge is 0.221 e. The molecule has 0 heterocycles. The van der Waals surface area contributed by atoms with Crippen LogP contribution >= 0.6 is 0 Å². The van der Waals surface area contributed by atoms with Gasteiger partial charge in [0.15, 0.2) is 5.96 Å². The van der Waals surface area contributed by atoms with Crippen LogP contribution in [0.4, 0.5) is 5.69 Å². The van der Waals surface area contributed by atoms with Gasteiger partial charge >= 0.3 is 0 Å². The minimum Gasteiger partial charge on any atom is -0.497 e. The number of amides is 1. The molecule has 2 aromatic carbocycles. The third kappa shape index (κ3) is 7.85. The highest BCUT2D eigenvalue weighted by molar-refractivity contribution is 5.90. The van der Waals surface area contributed by atoms with Gasteiger partial charge in [0.1, 0.15) is 11.5 Å². The summed E-state index contributed by atoms with van der Waals surface area (Å²) in [6, 6.07) is 13.9. The number of methoxy groups -OCH3 is 2. The zero-order chi connectivity index (χ0) is 22.6. The highest BCUT2D eigenvalue weighted by Gasteiger charge is 2.08. The van der Waals surface area contributed by atoms with Gasteiger partial charge in [-0.15, -0.1) is 0 Å². The maximum absolute atomic E-state index is 11.4. The summed E-state index contributed by atoms with van der Waals surface area (Å²) in [5.41, 5.74) is 2.91. The van der Waals surface area contributed by atoms with E-state index in [0.29, 0.717) is 23.9 Å². The molecule has 0 saturated carbocycles. The molecule has 0 spiro atoms. The molecule has 1 unspecified atom stereocenters. The summed E-state index contributed by atoms with van der Waals surface area (Å²) in [6.07, 6.45) is 0.978. The van der Waals surface area contributed by atoms with Crippen LogP contribution in [0.2, 0.25) is 0 Å². The van der Waals surface area contributed by atoms with E-state index in [9.17, 15) is 4.79 Å². The van der Waals surface area contributed by atoms with E-state index in [4.69, 9.17) is 9.47 Å². The number of guanidine groups is 1. The van der Waals surface area contributed by atoms with Crippen LogP contribution in [-0.2, 0) is 11.3 Å². The number of aliphatic imine (C=N–C) groups is 1. The first-order valence-corrected chi connectivity index (χ1v) is 10.6. The first-order chi connectivity index (χ1) is 15.0. The SMILES string of the molecule is CCNC(=NCc1ccc(OC)c(NC(C)=O)c1)NCCC(C)c1ccc(OC)cc1. The molecule has 0 aromatic heterocycles. The minimum absolute atomic E-state index is 0.139. The molecule has 0 radical (unpaired) electrons. The van der Waals surface area contributed by atoms with Gasteiger partial charge in [0.25, 0.3) is 0 Å². The van der Waals surface area contributed by atoms with E-state index in [-0.39, 0.29) is 5.91 Å². The average Bonchev–Trinajstić information content (AvgIpc) is 2.77. The second kappa shape index (κ2) is 12.5. The van der Waals surface area contributed by atoms with Gasteiger partial charge in [-0.3, -0.25) is 4.79 Å². The van der Waals surface area contributed by atoms with Gasteiger partial charge in [0.05, 0.1) is 26.5 Å². The molecule has 2 rings (SSSR count). The third-order valence-corrected chi connectivity index (χ3v) is 4.89. The number of nitrogens with one attached hydrogen (secondary N) is 3. The number of anilines is 1. The second-order valence-corrected chi connectivity index (χ2v) is 7.30. The molecule has 7 heteroatoms. The third-order valence-electron chi connectivity index (χ3n) is 4.89. The molecule has 0 bridgehead atoms. The topological polar surface area (TPSA) is 84.0 Å². The van der Waals surface area contributed by atoms with Crippen molar-refractivity contribution in [3.63, 3.8) is 0 Å². The normalized spacial score (nSPS) is 12.1. The minimum atomic E-state index is -0.139. The second-order valence-electron chi connectivity index (χ2n) is 7.30. The van der Waals surface area contributed by atoms with Crippen molar-refractivity contribution in [2.75, 3.05) is 32.6 Å². The summed E-state index contributed by atoms with van der Waals surface area (Å²) in [7, 11) is 3.26. The van der Waals surface area contributed by atoms with E-state index < -0.39 is 0 Å². The maximum Gasteiger partial charge on any atom is 0.221 e. The van der Waals surface area contributed by atoms with Crippen LogP contribution < -0.4 is 25.4 Å². The number of hydrogen-bond acceptors (Lipinski definition) is 4. The van der Waals surface area contributed by atoms with E-state index in [1.54, 1.807) is 14.2 Å². The molecular formula is C24H34N4O3. The number of carbonyl (C=O) groups is 1. The van der Waals surface area contributed by atoms with E-state index in [0.717, 1.165) is 36.8 Å². The molecule has 0 aliphatic rings. The number of ether oxygens (including phenoxy) is 2. The Labute approximate surface area is 185 Å². The Hall–Kier alpha value is -3.22. The van der Waals surface area contributed by atoms with Gasteiger partial charge in [-0.2, -0.15) is 0 Å². The molecule has 31 heavy (non-hydrogen) atoms. The van der Waals surface area contributed by atoms with Crippen molar-refractivity contribution in [3.05, 3.63) is 53.6 Å². The Morgan fingerprint density at radius 1 is 1.06 bits per heavy atom. The maximum atomic E-state index is 11.4. The highest BCUT2D eigenvalue weighted by atomic mass is 16.5. The number of rotatable bonds is 10. The lowest BCUT2D eigenvalue weighted by atomic mass is 9.98.